The summed E-state index contributed by atoms with van der Waals surface area (Å²) in [5, 5.41) is 17.5. The molecule has 3 rings (SSSR count). The topological polar surface area (TPSA) is 73.6 Å². The van der Waals surface area contributed by atoms with Crippen molar-refractivity contribution in [1.82, 2.24) is 4.98 Å². The SMILES string of the molecule is N#CC(C#N)=Cc1ccc(-c2ccc3ocnc3c2)cc1. The van der Waals surface area contributed by atoms with Crippen LogP contribution in [-0.4, -0.2) is 4.98 Å². The number of hydrogen-bond donors (Lipinski definition) is 0. The van der Waals surface area contributed by atoms with Gasteiger partial charge in [-0.1, -0.05) is 30.3 Å². The maximum absolute atomic E-state index is 8.74. The first kappa shape index (κ1) is 12.7. The largest absolute Gasteiger partial charge is 0.443 e. The minimum atomic E-state index is 0.0896. The Morgan fingerprint density at radius 3 is 2.43 bits per heavy atom. The molecular formula is C17H9N3O. The Morgan fingerprint density at radius 2 is 1.71 bits per heavy atom. The van der Waals surface area contributed by atoms with Crippen LogP contribution >= 0.6 is 0 Å². The molecular weight excluding hydrogens is 262 g/mol. The van der Waals surface area contributed by atoms with E-state index in [2.05, 4.69) is 4.98 Å². The van der Waals surface area contributed by atoms with Crippen LogP contribution < -0.4 is 0 Å². The molecule has 0 saturated heterocycles. The number of nitriles is 2. The van der Waals surface area contributed by atoms with Crippen LogP contribution in [0, 0.1) is 22.7 Å². The van der Waals surface area contributed by atoms with Gasteiger partial charge in [-0.15, -0.1) is 0 Å². The average Bonchev–Trinajstić information content (AvgIpc) is 3.00. The molecule has 4 nitrogen and oxygen atoms in total. The molecule has 0 aliphatic heterocycles. The molecule has 0 N–H and O–H groups in total. The van der Waals surface area contributed by atoms with Crippen molar-refractivity contribution >= 4 is 17.2 Å². The third-order valence-corrected chi connectivity index (χ3v) is 3.13. The minimum Gasteiger partial charge on any atom is -0.443 e. The molecule has 98 valence electrons. The molecule has 21 heavy (non-hydrogen) atoms. The summed E-state index contributed by atoms with van der Waals surface area (Å²) in [6.07, 6.45) is 2.98. The van der Waals surface area contributed by atoms with Gasteiger partial charge in [-0.2, -0.15) is 10.5 Å². The van der Waals surface area contributed by atoms with Gasteiger partial charge in [0, 0.05) is 0 Å². The molecule has 1 heterocycles. The van der Waals surface area contributed by atoms with Crippen molar-refractivity contribution in [3.8, 4) is 23.3 Å². The smallest absolute Gasteiger partial charge is 0.181 e. The molecule has 0 bridgehead atoms. The van der Waals surface area contributed by atoms with Crippen molar-refractivity contribution in [2.75, 3.05) is 0 Å². The summed E-state index contributed by atoms with van der Waals surface area (Å²) < 4.78 is 5.22. The molecule has 0 unspecified atom stereocenters. The number of rotatable bonds is 2. The van der Waals surface area contributed by atoms with E-state index in [0.717, 1.165) is 27.8 Å². The minimum absolute atomic E-state index is 0.0896. The van der Waals surface area contributed by atoms with E-state index < -0.39 is 0 Å². The van der Waals surface area contributed by atoms with Crippen LogP contribution in [0.5, 0.6) is 0 Å². The number of benzene rings is 2. The van der Waals surface area contributed by atoms with E-state index in [1.165, 1.54) is 6.39 Å². The molecule has 0 aliphatic rings. The first-order valence-electron chi connectivity index (χ1n) is 6.26. The Kier molecular flexibility index (Phi) is 3.21. The van der Waals surface area contributed by atoms with Crippen LogP contribution in [0.25, 0.3) is 28.3 Å². The van der Waals surface area contributed by atoms with Crippen LogP contribution in [0.2, 0.25) is 0 Å². The van der Waals surface area contributed by atoms with Crippen molar-refractivity contribution in [2.45, 2.75) is 0 Å². The zero-order valence-corrected chi connectivity index (χ0v) is 10.9. The second-order valence-corrected chi connectivity index (χ2v) is 4.44. The van der Waals surface area contributed by atoms with Gasteiger partial charge in [0.15, 0.2) is 12.0 Å². The maximum atomic E-state index is 8.74. The van der Waals surface area contributed by atoms with Crippen molar-refractivity contribution in [3.05, 3.63) is 60.0 Å². The van der Waals surface area contributed by atoms with Gasteiger partial charge >= 0.3 is 0 Å². The monoisotopic (exact) mass is 271 g/mol. The molecule has 0 saturated carbocycles. The number of aromatic nitrogens is 1. The standard InChI is InChI=1S/C17H9N3O/c18-9-13(10-19)7-12-1-3-14(4-2-12)15-5-6-17-16(8-15)20-11-21-17/h1-8,11H. The van der Waals surface area contributed by atoms with Crippen LogP contribution in [0.15, 0.2) is 58.8 Å². The Morgan fingerprint density at radius 1 is 1.00 bits per heavy atom. The van der Waals surface area contributed by atoms with Gasteiger partial charge in [0.1, 0.15) is 23.2 Å². The third kappa shape index (κ3) is 2.51. The first-order chi connectivity index (χ1) is 10.3. The highest BCUT2D eigenvalue weighted by molar-refractivity contribution is 5.80. The lowest BCUT2D eigenvalue weighted by atomic mass is 10.0. The molecule has 0 fully saturated rings. The van der Waals surface area contributed by atoms with E-state index >= 15 is 0 Å². The number of nitrogens with zero attached hydrogens (tertiary/aromatic N) is 3. The van der Waals surface area contributed by atoms with E-state index in [9.17, 15) is 0 Å². The zero-order chi connectivity index (χ0) is 14.7. The number of fused-ring (bicyclic) bond motifs is 1. The fourth-order valence-electron chi connectivity index (χ4n) is 2.07. The van der Waals surface area contributed by atoms with Crippen LogP contribution in [0.3, 0.4) is 0 Å². The Balaban J connectivity index is 1.95. The molecule has 3 aromatic rings. The highest BCUT2D eigenvalue weighted by Crippen LogP contribution is 2.24. The van der Waals surface area contributed by atoms with Gasteiger partial charge in [-0.25, -0.2) is 4.98 Å². The highest BCUT2D eigenvalue weighted by Gasteiger charge is 2.03. The summed E-state index contributed by atoms with van der Waals surface area (Å²) in [7, 11) is 0. The van der Waals surface area contributed by atoms with E-state index in [-0.39, 0.29) is 5.57 Å². The van der Waals surface area contributed by atoms with Crippen LogP contribution in [0.1, 0.15) is 5.56 Å². The lowest BCUT2D eigenvalue weighted by Gasteiger charge is -2.02. The Bertz CT molecular complexity index is 890. The molecule has 0 radical (unpaired) electrons. The second-order valence-electron chi connectivity index (χ2n) is 4.44. The van der Waals surface area contributed by atoms with Crippen molar-refractivity contribution in [1.29, 1.82) is 10.5 Å². The normalized spacial score (nSPS) is 9.81. The summed E-state index contributed by atoms with van der Waals surface area (Å²) in [6.45, 7) is 0. The summed E-state index contributed by atoms with van der Waals surface area (Å²) in [6, 6.07) is 17.1. The summed E-state index contributed by atoms with van der Waals surface area (Å²) in [5.74, 6) is 0. The molecule has 0 atom stereocenters. The molecule has 0 spiro atoms. The van der Waals surface area contributed by atoms with Gasteiger partial charge in [0.05, 0.1) is 0 Å². The summed E-state index contributed by atoms with van der Waals surface area (Å²) in [5.41, 5.74) is 4.55. The predicted octanol–water partition coefficient (Wildman–Crippen LogP) is 3.93. The van der Waals surface area contributed by atoms with E-state index in [1.807, 2.05) is 54.6 Å². The van der Waals surface area contributed by atoms with Crippen LogP contribution in [0.4, 0.5) is 0 Å². The molecule has 0 aliphatic carbocycles. The Labute approximate surface area is 121 Å². The Hall–Kier alpha value is -3.37. The van der Waals surface area contributed by atoms with Gasteiger partial charge in [0.25, 0.3) is 0 Å². The molecule has 2 aromatic carbocycles. The number of oxazole rings is 1. The number of hydrogen-bond acceptors (Lipinski definition) is 4. The second kappa shape index (κ2) is 5.32. The lowest BCUT2D eigenvalue weighted by Crippen LogP contribution is -1.80. The highest BCUT2D eigenvalue weighted by atomic mass is 16.3. The van der Waals surface area contributed by atoms with E-state index in [4.69, 9.17) is 14.9 Å². The molecule has 0 amide bonds. The lowest BCUT2D eigenvalue weighted by molar-refractivity contribution is 0.602. The quantitative estimate of drug-likeness (QED) is 0.662. The van der Waals surface area contributed by atoms with Crippen molar-refractivity contribution < 1.29 is 4.42 Å². The summed E-state index contributed by atoms with van der Waals surface area (Å²) >= 11 is 0. The molecule has 4 heteroatoms. The fourth-order valence-corrected chi connectivity index (χ4v) is 2.07. The third-order valence-electron chi connectivity index (χ3n) is 3.13. The first-order valence-corrected chi connectivity index (χ1v) is 6.26. The van der Waals surface area contributed by atoms with Crippen molar-refractivity contribution in [2.24, 2.45) is 0 Å². The van der Waals surface area contributed by atoms with Gasteiger partial charge in [-0.3, -0.25) is 0 Å². The summed E-state index contributed by atoms with van der Waals surface area (Å²) in [4.78, 5) is 4.14. The van der Waals surface area contributed by atoms with Crippen molar-refractivity contribution in [3.63, 3.8) is 0 Å². The fraction of sp³-hybridized carbons (Fsp3) is 0. The zero-order valence-electron chi connectivity index (χ0n) is 10.9. The van der Waals surface area contributed by atoms with Gasteiger partial charge < -0.3 is 4.42 Å². The van der Waals surface area contributed by atoms with Gasteiger partial charge in [0.2, 0.25) is 0 Å². The molecule has 1 aromatic heterocycles. The maximum Gasteiger partial charge on any atom is 0.181 e. The average molecular weight is 271 g/mol. The van der Waals surface area contributed by atoms with Crippen LogP contribution in [-0.2, 0) is 0 Å². The predicted molar refractivity (Wildman–Crippen MR) is 78.6 cm³/mol. The van der Waals surface area contributed by atoms with Gasteiger partial charge in [-0.05, 0) is 34.9 Å². The number of allylic oxidation sites excluding steroid dienone is 1. The van der Waals surface area contributed by atoms with E-state index in [0.29, 0.717) is 0 Å². The van der Waals surface area contributed by atoms with E-state index in [1.54, 1.807) is 6.08 Å².